The molecule has 0 bridgehead atoms. The number of carbonyl (C=O) groups excluding carboxylic acids is 1. The van der Waals surface area contributed by atoms with Crippen LogP contribution >= 0.6 is 23.2 Å². The number of hydrogen-bond acceptors (Lipinski definition) is 3. The van der Waals surface area contributed by atoms with Crippen molar-refractivity contribution in [2.45, 2.75) is 59.5 Å². The monoisotopic (exact) mass is 422 g/mol. The van der Waals surface area contributed by atoms with E-state index >= 15 is 0 Å². The molecule has 0 aliphatic heterocycles. The SMILES string of the molecule is C[C@@H](C(=O)NC(C)(C)CC(C)(C)C)N(c1cc(Cl)ccc1Cl)S(C)(=O)=O. The Morgan fingerprint density at radius 1 is 1.19 bits per heavy atom. The van der Waals surface area contributed by atoms with Gasteiger partial charge in [0.15, 0.2) is 0 Å². The Bertz CT molecular complexity index is 771. The number of anilines is 1. The molecule has 26 heavy (non-hydrogen) atoms. The Kier molecular flexibility index (Phi) is 7.05. The average Bonchev–Trinajstić information content (AvgIpc) is 2.37. The lowest BCUT2D eigenvalue weighted by molar-refractivity contribution is -0.123. The van der Waals surface area contributed by atoms with Crippen LogP contribution < -0.4 is 9.62 Å². The van der Waals surface area contributed by atoms with E-state index in [0.29, 0.717) is 5.02 Å². The molecule has 0 unspecified atom stereocenters. The number of carbonyl (C=O) groups is 1. The van der Waals surface area contributed by atoms with E-state index in [-0.39, 0.29) is 16.1 Å². The summed E-state index contributed by atoms with van der Waals surface area (Å²) >= 11 is 12.2. The highest BCUT2D eigenvalue weighted by atomic mass is 35.5. The number of benzene rings is 1. The lowest BCUT2D eigenvalue weighted by Gasteiger charge is -2.36. The molecule has 8 heteroatoms. The summed E-state index contributed by atoms with van der Waals surface area (Å²) in [5.74, 6) is -0.402. The molecule has 0 aliphatic rings. The third-order valence-electron chi connectivity index (χ3n) is 3.67. The van der Waals surface area contributed by atoms with Crippen molar-refractivity contribution in [2.75, 3.05) is 10.6 Å². The highest BCUT2D eigenvalue weighted by molar-refractivity contribution is 7.92. The zero-order valence-electron chi connectivity index (χ0n) is 16.4. The quantitative estimate of drug-likeness (QED) is 0.734. The summed E-state index contributed by atoms with van der Waals surface area (Å²) in [6.45, 7) is 11.6. The van der Waals surface area contributed by atoms with Crippen molar-refractivity contribution in [3.8, 4) is 0 Å². The van der Waals surface area contributed by atoms with Crippen LogP contribution in [0.2, 0.25) is 10.0 Å². The molecule has 0 heterocycles. The predicted octanol–water partition coefficient (Wildman–Crippen LogP) is 4.48. The summed E-state index contributed by atoms with van der Waals surface area (Å²) in [4.78, 5) is 12.8. The van der Waals surface area contributed by atoms with Gasteiger partial charge < -0.3 is 5.32 Å². The van der Waals surface area contributed by atoms with Gasteiger partial charge in [-0.2, -0.15) is 0 Å². The largest absolute Gasteiger partial charge is 0.349 e. The fourth-order valence-corrected chi connectivity index (χ4v) is 4.85. The molecule has 0 radical (unpaired) electrons. The van der Waals surface area contributed by atoms with Gasteiger partial charge >= 0.3 is 0 Å². The summed E-state index contributed by atoms with van der Waals surface area (Å²) in [6.07, 6.45) is 1.77. The molecule has 0 saturated carbocycles. The second-order valence-electron chi connectivity index (χ2n) is 8.44. The molecule has 1 aromatic rings. The predicted molar refractivity (Wildman–Crippen MR) is 110 cm³/mol. The second kappa shape index (κ2) is 7.95. The Morgan fingerprint density at radius 3 is 2.19 bits per heavy atom. The number of nitrogens with one attached hydrogen (secondary N) is 1. The van der Waals surface area contributed by atoms with E-state index in [0.717, 1.165) is 17.0 Å². The van der Waals surface area contributed by atoms with Gasteiger partial charge in [0.05, 0.1) is 17.0 Å². The lowest BCUT2D eigenvalue weighted by Crippen LogP contribution is -2.54. The highest BCUT2D eigenvalue weighted by Gasteiger charge is 2.34. The lowest BCUT2D eigenvalue weighted by atomic mass is 9.81. The van der Waals surface area contributed by atoms with Crippen LogP contribution in [-0.2, 0) is 14.8 Å². The van der Waals surface area contributed by atoms with Crippen molar-refractivity contribution in [3.05, 3.63) is 28.2 Å². The van der Waals surface area contributed by atoms with Gasteiger partial charge in [-0.05, 0) is 50.8 Å². The molecular formula is C18H28Cl2N2O3S. The number of halogens is 2. The van der Waals surface area contributed by atoms with Gasteiger partial charge in [0.25, 0.3) is 0 Å². The summed E-state index contributed by atoms with van der Waals surface area (Å²) in [5, 5.41) is 3.48. The summed E-state index contributed by atoms with van der Waals surface area (Å²) in [7, 11) is -3.76. The van der Waals surface area contributed by atoms with Gasteiger partial charge in [-0.1, -0.05) is 44.0 Å². The van der Waals surface area contributed by atoms with Crippen LogP contribution in [0.5, 0.6) is 0 Å². The van der Waals surface area contributed by atoms with Crippen molar-refractivity contribution in [3.63, 3.8) is 0 Å². The van der Waals surface area contributed by atoms with E-state index in [1.807, 2.05) is 13.8 Å². The maximum Gasteiger partial charge on any atom is 0.244 e. The number of hydrogen-bond donors (Lipinski definition) is 1. The average molecular weight is 423 g/mol. The number of rotatable bonds is 6. The van der Waals surface area contributed by atoms with Gasteiger partial charge in [-0.25, -0.2) is 8.42 Å². The van der Waals surface area contributed by atoms with E-state index in [4.69, 9.17) is 23.2 Å². The Hall–Kier alpha value is -0.980. The van der Waals surface area contributed by atoms with Crippen molar-refractivity contribution in [1.29, 1.82) is 0 Å². The highest BCUT2D eigenvalue weighted by Crippen LogP contribution is 2.33. The zero-order valence-corrected chi connectivity index (χ0v) is 18.7. The molecule has 0 saturated heterocycles. The van der Waals surface area contributed by atoms with Crippen LogP contribution in [0.3, 0.4) is 0 Å². The van der Waals surface area contributed by atoms with E-state index in [1.165, 1.54) is 19.1 Å². The first-order valence-corrected chi connectivity index (χ1v) is 10.9. The summed E-state index contributed by atoms with van der Waals surface area (Å²) in [6, 6.07) is 3.52. The first-order valence-electron chi connectivity index (χ1n) is 8.30. The van der Waals surface area contributed by atoms with Crippen LogP contribution in [0.25, 0.3) is 0 Å². The minimum absolute atomic E-state index is 0.00675. The van der Waals surface area contributed by atoms with Crippen LogP contribution in [0.15, 0.2) is 18.2 Å². The fraction of sp³-hybridized carbons (Fsp3) is 0.611. The van der Waals surface area contributed by atoms with E-state index in [9.17, 15) is 13.2 Å². The molecule has 5 nitrogen and oxygen atoms in total. The Morgan fingerprint density at radius 2 is 1.73 bits per heavy atom. The van der Waals surface area contributed by atoms with Gasteiger partial charge in [0.2, 0.25) is 15.9 Å². The molecule has 1 amide bonds. The van der Waals surface area contributed by atoms with Gasteiger partial charge in [-0.15, -0.1) is 0 Å². The smallest absolute Gasteiger partial charge is 0.244 e. The second-order valence-corrected chi connectivity index (χ2v) is 11.1. The van der Waals surface area contributed by atoms with Crippen LogP contribution in [0, 0.1) is 5.41 Å². The van der Waals surface area contributed by atoms with Crippen molar-refractivity contribution in [2.24, 2.45) is 5.41 Å². The maximum atomic E-state index is 12.8. The molecule has 0 spiro atoms. The molecule has 148 valence electrons. The third-order valence-corrected chi connectivity index (χ3v) is 5.45. The van der Waals surface area contributed by atoms with Crippen LogP contribution in [0.1, 0.15) is 48.0 Å². The normalized spacial score (nSPS) is 14.0. The first kappa shape index (κ1) is 23.1. The molecule has 0 fully saturated rings. The van der Waals surface area contributed by atoms with Gasteiger partial charge in [0.1, 0.15) is 6.04 Å². The van der Waals surface area contributed by atoms with E-state index < -0.39 is 27.5 Å². The van der Waals surface area contributed by atoms with E-state index in [1.54, 1.807) is 6.07 Å². The molecule has 0 aliphatic carbocycles. The maximum absolute atomic E-state index is 12.8. The molecule has 1 atom stereocenters. The van der Waals surface area contributed by atoms with E-state index in [2.05, 4.69) is 26.1 Å². The number of sulfonamides is 1. The molecular weight excluding hydrogens is 395 g/mol. The minimum atomic E-state index is -3.76. The molecule has 1 aromatic carbocycles. The number of amides is 1. The summed E-state index contributed by atoms with van der Waals surface area (Å²) < 4.78 is 25.8. The first-order chi connectivity index (χ1) is 11.5. The Balaban J connectivity index is 3.21. The van der Waals surface area contributed by atoms with Crippen molar-refractivity contribution in [1.82, 2.24) is 5.32 Å². The molecule has 1 rings (SSSR count). The molecule has 0 aromatic heterocycles. The zero-order chi connectivity index (χ0) is 20.5. The standard InChI is InChI=1S/C18H28Cl2N2O3S/c1-12(16(23)21-18(5,6)11-17(2,3)4)22(26(7,24)25)15-10-13(19)8-9-14(15)20/h8-10,12H,11H2,1-7H3,(H,21,23)/t12-/m0/s1. The van der Waals surface area contributed by atoms with Crippen molar-refractivity contribution < 1.29 is 13.2 Å². The van der Waals surface area contributed by atoms with Crippen LogP contribution in [-0.4, -0.2) is 32.2 Å². The number of nitrogens with zero attached hydrogens (tertiary/aromatic N) is 1. The third kappa shape index (κ3) is 6.63. The van der Waals surface area contributed by atoms with Crippen molar-refractivity contribution >= 4 is 44.8 Å². The molecule has 1 N–H and O–H groups in total. The van der Waals surface area contributed by atoms with Crippen LogP contribution in [0.4, 0.5) is 5.69 Å². The topological polar surface area (TPSA) is 66.5 Å². The van der Waals surface area contributed by atoms with Gasteiger partial charge in [0, 0.05) is 10.6 Å². The summed E-state index contributed by atoms with van der Waals surface area (Å²) in [5.41, 5.74) is -0.310. The van der Waals surface area contributed by atoms with Gasteiger partial charge in [-0.3, -0.25) is 9.10 Å². The minimum Gasteiger partial charge on any atom is -0.349 e. The Labute approximate surface area is 167 Å². The fourth-order valence-electron chi connectivity index (χ4n) is 3.24.